The Morgan fingerprint density at radius 1 is 1.00 bits per heavy atom. The second-order valence-corrected chi connectivity index (χ2v) is 6.51. The van der Waals surface area contributed by atoms with Crippen molar-refractivity contribution in [2.75, 3.05) is 37.6 Å². The van der Waals surface area contributed by atoms with E-state index >= 15 is 0 Å². The molecule has 3 heteroatoms. The molecule has 2 aliphatic rings. The van der Waals surface area contributed by atoms with Crippen molar-refractivity contribution >= 4 is 21.6 Å². The number of benzene rings is 1. The molecule has 1 heterocycles. The zero-order chi connectivity index (χ0) is 13.2. The number of halogens is 1. The van der Waals surface area contributed by atoms with Crippen LogP contribution in [0, 0.1) is 0 Å². The first kappa shape index (κ1) is 13.4. The van der Waals surface area contributed by atoms with Gasteiger partial charge in [0.2, 0.25) is 0 Å². The van der Waals surface area contributed by atoms with E-state index in [1.165, 1.54) is 68.6 Å². The second-order valence-electron chi connectivity index (χ2n) is 5.65. The average Bonchev–Trinajstić information content (AvgIpc) is 2.48. The molecule has 19 heavy (non-hydrogen) atoms. The first-order valence-electron chi connectivity index (χ1n) is 7.57. The van der Waals surface area contributed by atoms with Crippen LogP contribution >= 0.6 is 15.9 Å². The van der Waals surface area contributed by atoms with Crippen LogP contribution in [0.4, 0.5) is 5.69 Å². The van der Waals surface area contributed by atoms with Crippen LogP contribution in [0.2, 0.25) is 0 Å². The molecular weight excluding hydrogens is 300 g/mol. The molecule has 3 rings (SSSR count). The molecule has 1 aliphatic carbocycles. The maximum atomic E-state index is 3.73. The average molecular weight is 323 g/mol. The second kappa shape index (κ2) is 5.84. The standard InChI is InChI=1S/C16H23BrN2/c1-2-18-9-11-19(12-10-18)16-8-7-15(17)13-5-3-4-6-14(13)16/h7-8H,2-6,9-12H2,1H3. The first-order chi connectivity index (χ1) is 9.29. The maximum absolute atomic E-state index is 3.73. The minimum absolute atomic E-state index is 1.18. The van der Waals surface area contributed by atoms with Gasteiger partial charge in [-0.2, -0.15) is 0 Å². The van der Waals surface area contributed by atoms with Gasteiger partial charge < -0.3 is 9.80 Å². The van der Waals surface area contributed by atoms with Crippen LogP contribution < -0.4 is 4.90 Å². The third kappa shape index (κ3) is 2.68. The molecule has 104 valence electrons. The van der Waals surface area contributed by atoms with Gasteiger partial charge in [-0.25, -0.2) is 0 Å². The number of nitrogens with zero attached hydrogens (tertiary/aromatic N) is 2. The van der Waals surface area contributed by atoms with Crippen LogP contribution in [-0.2, 0) is 12.8 Å². The first-order valence-corrected chi connectivity index (χ1v) is 8.36. The van der Waals surface area contributed by atoms with Gasteiger partial charge in [0, 0.05) is 36.3 Å². The van der Waals surface area contributed by atoms with Crippen molar-refractivity contribution in [1.29, 1.82) is 0 Å². The summed E-state index contributed by atoms with van der Waals surface area (Å²) in [6.45, 7) is 8.23. The third-order valence-electron chi connectivity index (χ3n) is 4.61. The highest BCUT2D eigenvalue weighted by molar-refractivity contribution is 9.10. The molecule has 0 radical (unpaired) electrons. The monoisotopic (exact) mass is 322 g/mol. The normalized spacial score (nSPS) is 20.4. The molecule has 0 saturated carbocycles. The Kier molecular flexibility index (Phi) is 4.13. The highest BCUT2D eigenvalue weighted by atomic mass is 79.9. The van der Waals surface area contributed by atoms with E-state index in [-0.39, 0.29) is 0 Å². The summed E-state index contributed by atoms with van der Waals surface area (Å²) in [6, 6.07) is 4.58. The van der Waals surface area contributed by atoms with Gasteiger partial charge in [-0.05, 0) is 55.5 Å². The molecule has 1 fully saturated rings. The Bertz CT molecular complexity index is 450. The van der Waals surface area contributed by atoms with Gasteiger partial charge in [0.1, 0.15) is 0 Å². The number of rotatable bonds is 2. The molecular formula is C16H23BrN2. The van der Waals surface area contributed by atoms with Crippen LogP contribution in [0.3, 0.4) is 0 Å². The molecule has 1 aliphatic heterocycles. The van der Waals surface area contributed by atoms with Crippen LogP contribution in [0.1, 0.15) is 30.9 Å². The highest BCUT2D eigenvalue weighted by Gasteiger charge is 2.22. The molecule has 1 aromatic carbocycles. The largest absolute Gasteiger partial charge is 0.369 e. The number of anilines is 1. The van der Waals surface area contributed by atoms with Gasteiger partial charge in [0.05, 0.1) is 0 Å². The molecule has 0 spiro atoms. The molecule has 0 N–H and O–H groups in total. The Morgan fingerprint density at radius 3 is 2.37 bits per heavy atom. The van der Waals surface area contributed by atoms with E-state index < -0.39 is 0 Å². The fourth-order valence-corrected chi connectivity index (χ4v) is 3.98. The lowest BCUT2D eigenvalue weighted by Crippen LogP contribution is -2.46. The highest BCUT2D eigenvalue weighted by Crippen LogP contribution is 2.35. The van der Waals surface area contributed by atoms with Crippen molar-refractivity contribution in [2.45, 2.75) is 32.6 Å². The maximum Gasteiger partial charge on any atom is 0.0403 e. The molecule has 0 bridgehead atoms. The lowest BCUT2D eigenvalue weighted by molar-refractivity contribution is 0.271. The van der Waals surface area contributed by atoms with Crippen molar-refractivity contribution in [2.24, 2.45) is 0 Å². The van der Waals surface area contributed by atoms with Crippen LogP contribution in [0.15, 0.2) is 16.6 Å². The Morgan fingerprint density at radius 2 is 1.68 bits per heavy atom. The summed E-state index contributed by atoms with van der Waals surface area (Å²) in [5.74, 6) is 0. The topological polar surface area (TPSA) is 6.48 Å². The third-order valence-corrected chi connectivity index (χ3v) is 5.36. The quantitative estimate of drug-likeness (QED) is 0.822. The Hall–Kier alpha value is -0.540. The molecule has 0 aromatic heterocycles. The molecule has 0 amide bonds. The van der Waals surface area contributed by atoms with E-state index in [2.05, 4.69) is 44.8 Å². The molecule has 0 unspecified atom stereocenters. The predicted octanol–water partition coefficient (Wildman–Crippen LogP) is 3.47. The summed E-state index contributed by atoms with van der Waals surface area (Å²) in [7, 11) is 0. The zero-order valence-electron chi connectivity index (χ0n) is 11.8. The SMILES string of the molecule is CCN1CCN(c2ccc(Br)c3c2CCCC3)CC1. The minimum atomic E-state index is 1.18. The van der Waals surface area contributed by atoms with Crippen molar-refractivity contribution in [3.8, 4) is 0 Å². The van der Waals surface area contributed by atoms with E-state index in [4.69, 9.17) is 0 Å². The lowest BCUT2D eigenvalue weighted by Gasteiger charge is -2.37. The summed E-state index contributed by atoms with van der Waals surface area (Å²) in [5.41, 5.74) is 4.70. The van der Waals surface area contributed by atoms with Gasteiger partial charge in [-0.1, -0.05) is 22.9 Å². The molecule has 1 aromatic rings. The summed E-state index contributed by atoms with van der Waals surface area (Å²) in [5, 5.41) is 0. The molecule has 1 saturated heterocycles. The van der Waals surface area contributed by atoms with E-state index in [0.717, 1.165) is 0 Å². The van der Waals surface area contributed by atoms with Gasteiger partial charge in [-0.3, -0.25) is 0 Å². The molecule has 0 atom stereocenters. The Labute approximate surface area is 124 Å². The van der Waals surface area contributed by atoms with E-state index in [9.17, 15) is 0 Å². The number of fused-ring (bicyclic) bond motifs is 1. The fraction of sp³-hybridized carbons (Fsp3) is 0.625. The van der Waals surface area contributed by atoms with Crippen molar-refractivity contribution in [3.05, 3.63) is 27.7 Å². The summed E-state index contributed by atoms with van der Waals surface area (Å²) >= 11 is 3.73. The van der Waals surface area contributed by atoms with E-state index in [0.29, 0.717) is 0 Å². The van der Waals surface area contributed by atoms with Crippen molar-refractivity contribution < 1.29 is 0 Å². The van der Waals surface area contributed by atoms with Gasteiger partial charge in [0.15, 0.2) is 0 Å². The zero-order valence-corrected chi connectivity index (χ0v) is 13.4. The lowest BCUT2D eigenvalue weighted by atomic mass is 9.90. The van der Waals surface area contributed by atoms with Crippen LogP contribution in [0.25, 0.3) is 0 Å². The van der Waals surface area contributed by atoms with E-state index in [1.807, 2.05) is 0 Å². The summed E-state index contributed by atoms with van der Waals surface area (Å²) in [6.07, 6.45) is 5.21. The summed E-state index contributed by atoms with van der Waals surface area (Å²) < 4.78 is 1.32. The van der Waals surface area contributed by atoms with Crippen molar-refractivity contribution in [3.63, 3.8) is 0 Å². The van der Waals surface area contributed by atoms with E-state index in [1.54, 1.807) is 11.1 Å². The van der Waals surface area contributed by atoms with Gasteiger partial charge in [0.25, 0.3) is 0 Å². The number of likely N-dealkylation sites (N-methyl/N-ethyl adjacent to an activating group) is 1. The fourth-order valence-electron chi connectivity index (χ4n) is 3.41. The van der Waals surface area contributed by atoms with Crippen LogP contribution in [-0.4, -0.2) is 37.6 Å². The number of piperazine rings is 1. The predicted molar refractivity (Wildman–Crippen MR) is 85.1 cm³/mol. The molecule has 2 nitrogen and oxygen atoms in total. The summed E-state index contributed by atoms with van der Waals surface area (Å²) in [4.78, 5) is 5.14. The Balaban J connectivity index is 1.85. The smallest absolute Gasteiger partial charge is 0.0403 e. The van der Waals surface area contributed by atoms with Gasteiger partial charge >= 0.3 is 0 Å². The van der Waals surface area contributed by atoms with Gasteiger partial charge in [-0.15, -0.1) is 0 Å². The van der Waals surface area contributed by atoms with Crippen LogP contribution in [0.5, 0.6) is 0 Å². The van der Waals surface area contributed by atoms with Crippen molar-refractivity contribution in [1.82, 2.24) is 4.90 Å². The minimum Gasteiger partial charge on any atom is -0.369 e. The number of hydrogen-bond donors (Lipinski definition) is 0. The number of hydrogen-bond acceptors (Lipinski definition) is 2.